The molecule has 0 radical (unpaired) electrons. The molecule has 1 aromatic heterocycles. The zero-order chi connectivity index (χ0) is 23.7. The second-order valence-corrected chi connectivity index (χ2v) is 9.91. The first-order chi connectivity index (χ1) is 16.7. The maximum absolute atomic E-state index is 6.09. The Bertz CT molecular complexity index is 1130. The van der Waals surface area contributed by atoms with E-state index >= 15 is 0 Å². The highest BCUT2D eigenvalue weighted by Gasteiger charge is 2.34. The van der Waals surface area contributed by atoms with Crippen molar-refractivity contribution in [3.8, 4) is 17.0 Å². The number of fused-ring (bicyclic) bond motifs is 2. The Morgan fingerprint density at radius 2 is 1.62 bits per heavy atom. The summed E-state index contributed by atoms with van der Waals surface area (Å²) in [6.45, 7) is 4.47. The van der Waals surface area contributed by atoms with Crippen molar-refractivity contribution >= 4 is 0 Å². The zero-order valence-electron chi connectivity index (χ0n) is 21.2. The Balaban J connectivity index is 1.58. The molecule has 3 heteroatoms. The third-order valence-electron chi connectivity index (χ3n) is 8.12. The van der Waals surface area contributed by atoms with Gasteiger partial charge in [0.2, 0.25) is 0 Å². The number of hydrogen-bond donors (Lipinski definition) is 0. The quantitative estimate of drug-likeness (QED) is 0.392. The molecule has 178 valence electrons. The fourth-order valence-electron chi connectivity index (χ4n) is 6.38. The maximum Gasteiger partial charge on any atom is 0.127 e. The molecule has 0 spiro atoms. The van der Waals surface area contributed by atoms with E-state index in [1.807, 2.05) is 7.11 Å². The summed E-state index contributed by atoms with van der Waals surface area (Å²) in [5.41, 5.74) is 10.7. The van der Waals surface area contributed by atoms with E-state index in [0.29, 0.717) is 12.1 Å². The molecule has 2 aliphatic carbocycles. The zero-order valence-corrected chi connectivity index (χ0v) is 21.2. The van der Waals surface area contributed by atoms with Gasteiger partial charge < -0.3 is 4.74 Å². The van der Waals surface area contributed by atoms with Gasteiger partial charge in [-0.15, -0.1) is 0 Å². The molecule has 0 amide bonds. The number of ether oxygens (including phenoxy) is 1. The molecule has 2 aromatic carbocycles. The van der Waals surface area contributed by atoms with Crippen molar-refractivity contribution < 1.29 is 4.74 Å². The lowest BCUT2D eigenvalue weighted by Crippen LogP contribution is -2.34. The summed E-state index contributed by atoms with van der Waals surface area (Å²) in [5, 5.41) is 0. The molecule has 34 heavy (non-hydrogen) atoms. The Hall–Kier alpha value is -2.65. The molecule has 0 saturated heterocycles. The van der Waals surface area contributed by atoms with Gasteiger partial charge >= 0.3 is 0 Å². The van der Waals surface area contributed by atoms with Crippen molar-refractivity contribution in [3.05, 3.63) is 82.0 Å². The summed E-state index contributed by atoms with van der Waals surface area (Å²) in [7, 11) is 4.15. The third kappa shape index (κ3) is 4.05. The van der Waals surface area contributed by atoms with Crippen molar-refractivity contribution in [2.24, 2.45) is 0 Å². The standard InChI is InChI=1S/C31H38N2O/c1-5-21-13-9-14-22(6-2)30(21)26-20-29(34-4)31-25(32-26)17-11-19-28(31)33(3)27-18-10-15-23-12-7-8-16-24(23)27/h7-9,12-14,16,20,27-28H,5-6,10-11,15,17-19H2,1-4H3/t27-,28-/m0/s1. The van der Waals surface area contributed by atoms with E-state index in [1.165, 1.54) is 64.8 Å². The monoisotopic (exact) mass is 454 g/mol. The summed E-state index contributed by atoms with van der Waals surface area (Å²) in [4.78, 5) is 7.95. The molecule has 5 rings (SSSR count). The predicted molar refractivity (Wildman–Crippen MR) is 141 cm³/mol. The highest BCUT2D eigenvalue weighted by atomic mass is 16.5. The van der Waals surface area contributed by atoms with E-state index in [9.17, 15) is 0 Å². The van der Waals surface area contributed by atoms with E-state index in [1.54, 1.807) is 0 Å². The maximum atomic E-state index is 6.09. The summed E-state index contributed by atoms with van der Waals surface area (Å²) in [6, 6.07) is 18.7. The van der Waals surface area contributed by atoms with E-state index in [0.717, 1.165) is 37.1 Å². The van der Waals surface area contributed by atoms with Crippen LogP contribution in [-0.4, -0.2) is 24.0 Å². The molecule has 3 aromatic rings. The smallest absolute Gasteiger partial charge is 0.127 e. The highest BCUT2D eigenvalue weighted by molar-refractivity contribution is 5.70. The number of hydrogen-bond acceptors (Lipinski definition) is 3. The fourth-order valence-corrected chi connectivity index (χ4v) is 6.38. The van der Waals surface area contributed by atoms with E-state index in [4.69, 9.17) is 9.72 Å². The predicted octanol–water partition coefficient (Wildman–Crippen LogP) is 7.27. The summed E-state index contributed by atoms with van der Waals surface area (Å²) in [6.07, 6.45) is 9.06. The molecule has 0 fully saturated rings. The molecule has 0 bridgehead atoms. The number of pyridine rings is 1. The van der Waals surface area contributed by atoms with Crippen LogP contribution in [0.25, 0.3) is 11.3 Å². The van der Waals surface area contributed by atoms with Crippen LogP contribution in [0, 0.1) is 0 Å². The molecule has 0 unspecified atom stereocenters. The first kappa shape index (κ1) is 23.1. The number of methoxy groups -OCH3 is 1. The van der Waals surface area contributed by atoms with E-state index in [2.05, 4.69) is 74.3 Å². The van der Waals surface area contributed by atoms with Gasteiger partial charge in [-0.3, -0.25) is 9.88 Å². The van der Waals surface area contributed by atoms with Crippen LogP contribution in [0.1, 0.15) is 85.1 Å². The van der Waals surface area contributed by atoms with Crippen molar-refractivity contribution in [2.75, 3.05) is 14.2 Å². The van der Waals surface area contributed by atoms with Gasteiger partial charge in [-0.1, -0.05) is 56.3 Å². The second kappa shape index (κ2) is 9.92. The van der Waals surface area contributed by atoms with Crippen molar-refractivity contribution in [3.63, 3.8) is 0 Å². The van der Waals surface area contributed by atoms with Gasteiger partial charge in [-0.25, -0.2) is 0 Å². The normalized spacial score (nSPS) is 19.6. The van der Waals surface area contributed by atoms with E-state index < -0.39 is 0 Å². The van der Waals surface area contributed by atoms with Gasteiger partial charge in [0.15, 0.2) is 0 Å². The molecular weight excluding hydrogens is 416 g/mol. The summed E-state index contributed by atoms with van der Waals surface area (Å²) in [5.74, 6) is 1.01. The Morgan fingerprint density at radius 1 is 0.912 bits per heavy atom. The lowest BCUT2D eigenvalue weighted by atomic mass is 9.83. The van der Waals surface area contributed by atoms with Crippen molar-refractivity contribution in [1.82, 2.24) is 9.88 Å². The molecule has 0 aliphatic heterocycles. The molecule has 3 nitrogen and oxygen atoms in total. The molecular formula is C31H38N2O. The minimum Gasteiger partial charge on any atom is -0.496 e. The first-order valence-electron chi connectivity index (χ1n) is 13.1. The van der Waals surface area contributed by atoms with Crippen LogP contribution < -0.4 is 4.74 Å². The third-order valence-corrected chi connectivity index (χ3v) is 8.12. The molecule has 0 saturated carbocycles. The van der Waals surface area contributed by atoms with Gasteiger partial charge in [0.05, 0.1) is 12.8 Å². The molecule has 2 atom stereocenters. The van der Waals surface area contributed by atoms with Crippen LogP contribution >= 0.6 is 0 Å². The average molecular weight is 455 g/mol. The lowest BCUT2D eigenvalue weighted by Gasteiger charge is -2.41. The topological polar surface area (TPSA) is 25.4 Å². The van der Waals surface area contributed by atoms with Crippen LogP contribution in [-0.2, 0) is 25.7 Å². The van der Waals surface area contributed by atoms with Crippen molar-refractivity contribution in [2.45, 2.75) is 77.3 Å². The highest BCUT2D eigenvalue weighted by Crippen LogP contribution is 2.46. The van der Waals surface area contributed by atoms with Gasteiger partial charge in [0.1, 0.15) is 5.75 Å². The molecule has 1 heterocycles. The second-order valence-electron chi connectivity index (χ2n) is 9.91. The Kier molecular flexibility index (Phi) is 6.74. The van der Waals surface area contributed by atoms with Crippen LogP contribution in [0.15, 0.2) is 48.5 Å². The SMILES string of the molecule is CCc1cccc(CC)c1-c1cc(OC)c2c(n1)CCC[C@@H]2N(C)[C@H]1CCCc2ccccc21. The van der Waals surface area contributed by atoms with Gasteiger partial charge in [0, 0.05) is 35.0 Å². The fraction of sp³-hybridized carbons (Fsp3) is 0.452. The number of aryl methyl sites for hydroxylation is 4. The van der Waals surface area contributed by atoms with Crippen LogP contribution in [0.4, 0.5) is 0 Å². The number of nitrogens with zero attached hydrogens (tertiary/aromatic N) is 2. The number of rotatable bonds is 6. The van der Waals surface area contributed by atoms with Gasteiger partial charge in [-0.2, -0.15) is 0 Å². The van der Waals surface area contributed by atoms with Crippen LogP contribution in [0.5, 0.6) is 5.75 Å². The van der Waals surface area contributed by atoms with Crippen molar-refractivity contribution in [1.29, 1.82) is 0 Å². The number of benzene rings is 2. The van der Waals surface area contributed by atoms with Gasteiger partial charge in [0.25, 0.3) is 0 Å². The average Bonchev–Trinajstić information content (AvgIpc) is 2.90. The van der Waals surface area contributed by atoms with Gasteiger partial charge in [-0.05, 0) is 80.7 Å². The van der Waals surface area contributed by atoms with Crippen LogP contribution in [0.2, 0.25) is 0 Å². The minimum atomic E-state index is 0.337. The van der Waals surface area contributed by atoms with Crippen LogP contribution in [0.3, 0.4) is 0 Å². The summed E-state index contributed by atoms with van der Waals surface area (Å²) < 4.78 is 6.09. The summed E-state index contributed by atoms with van der Waals surface area (Å²) >= 11 is 0. The Morgan fingerprint density at radius 3 is 2.35 bits per heavy atom. The largest absolute Gasteiger partial charge is 0.496 e. The minimum absolute atomic E-state index is 0.337. The number of aromatic nitrogens is 1. The lowest BCUT2D eigenvalue weighted by molar-refractivity contribution is 0.139. The Labute approximate surface area is 205 Å². The van der Waals surface area contributed by atoms with E-state index in [-0.39, 0.29) is 0 Å². The molecule has 2 aliphatic rings. The molecule has 0 N–H and O–H groups in total. The first-order valence-corrected chi connectivity index (χ1v) is 13.1.